The zero-order valence-electron chi connectivity index (χ0n) is 15.2. The summed E-state index contributed by atoms with van der Waals surface area (Å²) >= 11 is 0. The third-order valence-electron chi connectivity index (χ3n) is 5.04. The quantitative estimate of drug-likeness (QED) is 0.919. The number of carbonyl (C=O) groups is 1. The molecule has 2 aromatic heterocycles. The summed E-state index contributed by atoms with van der Waals surface area (Å²) in [5, 5.41) is 11.9. The van der Waals surface area contributed by atoms with Gasteiger partial charge in [-0.15, -0.1) is 0 Å². The first-order valence-electron chi connectivity index (χ1n) is 8.79. The van der Waals surface area contributed by atoms with Crippen molar-refractivity contribution in [1.29, 1.82) is 0 Å². The third-order valence-corrected chi connectivity index (χ3v) is 5.04. The molecular weight excluding hydrogens is 318 g/mol. The number of aryl methyl sites for hydroxylation is 2. The highest BCUT2D eigenvalue weighted by molar-refractivity contribution is 5.80. The lowest BCUT2D eigenvalue weighted by Gasteiger charge is -2.18. The molecule has 0 unspecified atom stereocenters. The number of aromatic nitrogens is 4. The first kappa shape index (κ1) is 17.4. The summed E-state index contributed by atoms with van der Waals surface area (Å²) in [4.78, 5) is 24.8. The molecule has 1 N–H and O–H groups in total. The number of amides is 1. The van der Waals surface area contributed by atoms with E-state index in [0.717, 1.165) is 42.6 Å². The molecule has 134 valence electrons. The molecule has 7 heteroatoms. The highest BCUT2D eigenvalue weighted by Crippen LogP contribution is 2.24. The molecule has 1 saturated carbocycles. The van der Waals surface area contributed by atoms with Crippen LogP contribution in [0.1, 0.15) is 50.0 Å². The lowest BCUT2D eigenvalue weighted by Crippen LogP contribution is -2.40. The molecule has 1 fully saturated rings. The summed E-state index contributed by atoms with van der Waals surface area (Å²) in [5.41, 5.74) is 3.10. The summed E-state index contributed by atoms with van der Waals surface area (Å²) in [6.07, 6.45) is 4.31. The van der Waals surface area contributed by atoms with Crippen LogP contribution in [0.3, 0.4) is 0 Å². The maximum absolute atomic E-state index is 12.5. The highest BCUT2D eigenvalue weighted by atomic mass is 16.2. The second kappa shape index (κ2) is 6.82. The lowest BCUT2D eigenvalue weighted by molar-refractivity contribution is -0.124. The van der Waals surface area contributed by atoms with Crippen molar-refractivity contribution in [3.05, 3.63) is 33.9 Å². The van der Waals surface area contributed by atoms with Gasteiger partial charge >= 0.3 is 0 Å². The largest absolute Gasteiger partial charge is 0.352 e. The smallest absolute Gasteiger partial charge is 0.267 e. The minimum absolute atomic E-state index is 0.154. The molecule has 0 spiro atoms. The van der Waals surface area contributed by atoms with Crippen LogP contribution in [0.2, 0.25) is 0 Å². The molecule has 0 aromatic carbocycles. The van der Waals surface area contributed by atoms with Crippen LogP contribution in [-0.2, 0) is 11.8 Å². The number of carbonyl (C=O) groups excluding carboxylic acids is 1. The Morgan fingerprint density at radius 1 is 1.24 bits per heavy atom. The predicted octanol–water partition coefficient (Wildman–Crippen LogP) is 1.88. The minimum atomic E-state index is -0.648. The zero-order valence-corrected chi connectivity index (χ0v) is 15.2. The SMILES string of the molecule is Cc1nn(C)c(C)c1-c1ccc(=O)n([C@@H](C)C(=O)NC2CCCC2)n1. The van der Waals surface area contributed by atoms with Crippen molar-refractivity contribution < 1.29 is 4.79 Å². The Hall–Kier alpha value is -2.44. The number of nitrogens with zero attached hydrogens (tertiary/aromatic N) is 4. The van der Waals surface area contributed by atoms with E-state index in [1.54, 1.807) is 17.7 Å². The molecule has 2 heterocycles. The minimum Gasteiger partial charge on any atom is -0.352 e. The topological polar surface area (TPSA) is 81.8 Å². The average molecular weight is 343 g/mol. The van der Waals surface area contributed by atoms with Gasteiger partial charge in [-0.1, -0.05) is 12.8 Å². The van der Waals surface area contributed by atoms with Crippen molar-refractivity contribution in [2.24, 2.45) is 7.05 Å². The van der Waals surface area contributed by atoms with Gasteiger partial charge in [0.1, 0.15) is 6.04 Å². The Morgan fingerprint density at radius 3 is 2.52 bits per heavy atom. The van der Waals surface area contributed by atoms with Crippen molar-refractivity contribution in [3.63, 3.8) is 0 Å². The van der Waals surface area contributed by atoms with Crippen molar-refractivity contribution in [1.82, 2.24) is 24.9 Å². The van der Waals surface area contributed by atoms with E-state index in [2.05, 4.69) is 15.5 Å². The van der Waals surface area contributed by atoms with Gasteiger partial charge in [0.25, 0.3) is 5.56 Å². The highest BCUT2D eigenvalue weighted by Gasteiger charge is 2.23. The Balaban J connectivity index is 1.91. The van der Waals surface area contributed by atoms with Gasteiger partial charge in [0.15, 0.2) is 0 Å². The Labute approximate surface area is 147 Å². The fourth-order valence-corrected chi connectivity index (χ4v) is 3.48. The summed E-state index contributed by atoms with van der Waals surface area (Å²) in [6, 6.07) is 2.73. The van der Waals surface area contributed by atoms with Gasteiger partial charge in [-0.2, -0.15) is 10.2 Å². The van der Waals surface area contributed by atoms with Crippen LogP contribution in [-0.4, -0.2) is 31.5 Å². The summed E-state index contributed by atoms with van der Waals surface area (Å²) in [7, 11) is 1.87. The molecule has 2 aromatic rings. The molecule has 0 radical (unpaired) electrons. The van der Waals surface area contributed by atoms with E-state index in [4.69, 9.17) is 0 Å². The summed E-state index contributed by atoms with van der Waals surface area (Å²) in [6.45, 7) is 5.59. The van der Waals surface area contributed by atoms with Gasteiger partial charge in [0.2, 0.25) is 5.91 Å². The van der Waals surface area contributed by atoms with Gasteiger partial charge in [0.05, 0.1) is 11.4 Å². The Bertz CT molecular complexity index is 846. The molecule has 3 rings (SSSR count). The van der Waals surface area contributed by atoms with E-state index in [9.17, 15) is 9.59 Å². The molecule has 0 saturated heterocycles. The Morgan fingerprint density at radius 2 is 1.92 bits per heavy atom. The van der Waals surface area contributed by atoms with Gasteiger partial charge in [0, 0.05) is 30.4 Å². The fraction of sp³-hybridized carbons (Fsp3) is 0.556. The maximum Gasteiger partial charge on any atom is 0.267 e. The van der Waals surface area contributed by atoms with Gasteiger partial charge in [-0.25, -0.2) is 4.68 Å². The molecule has 1 atom stereocenters. The zero-order chi connectivity index (χ0) is 18.1. The molecule has 0 aliphatic heterocycles. The molecule has 1 aliphatic rings. The second-order valence-corrected chi connectivity index (χ2v) is 6.84. The first-order valence-corrected chi connectivity index (χ1v) is 8.79. The third kappa shape index (κ3) is 3.36. The predicted molar refractivity (Wildman–Crippen MR) is 95.3 cm³/mol. The van der Waals surface area contributed by atoms with Gasteiger partial charge in [-0.3, -0.25) is 14.3 Å². The van der Waals surface area contributed by atoms with E-state index in [1.807, 2.05) is 20.9 Å². The maximum atomic E-state index is 12.5. The fourth-order valence-electron chi connectivity index (χ4n) is 3.48. The van der Waals surface area contributed by atoms with E-state index in [-0.39, 0.29) is 17.5 Å². The lowest BCUT2D eigenvalue weighted by atomic mass is 10.1. The molecular formula is C18H25N5O2. The van der Waals surface area contributed by atoms with E-state index in [0.29, 0.717) is 5.69 Å². The van der Waals surface area contributed by atoms with Crippen molar-refractivity contribution in [3.8, 4) is 11.3 Å². The standard InChI is InChI=1S/C18H25N5O2/c1-11-17(12(2)22(4)20-11)15-9-10-16(24)23(21-15)13(3)18(25)19-14-7-5-6-8-14/h9-10,13-14H,5-8H2,1-4H3,(H,19,25)/t13-/m0/s1. The van der Waals surface area contributed by atoms with Crippen LogP contribution in [0.15, 0.2) is 16.9 Å². The second-order valence-electron chi connectivity index (χ2n) is 6.84. The number of hydrogen-bond acceptors (Lipinski definition) is 4. The van der Waals surface area contributed by atoms with Crippen LogP contribution < -0.4 is 10.9 Å². The van der Waals surface area contributed by atoms with E-state index < -0.39 is 6.04 Å². The molecule has 25 heavy (non-hydrogen) atoms. The molecule has 1 aliphatic carbocycles. The summed E-state index contributed by atoms with van der Waals surface area (Å²) < 4.78 is 3.06. The van der Waals surface area contributed by atoms with Crippen molar-refractivity contribution in [2.45, 2.75) is 58.5 Å². The van der Waals surface area contributed by atoms with E-state index in [1.165, 1.54) is 10.7 Å². The van der Waals surface area contributed by atoms with Crippen molar-refractivity contribution in [2.75, 3.05) is 0 Å². The van der Waals surface area contributed by atoms with Crippen LogP contribution in [0.4, 0.5) is 0 Å². The van der Waals surface area contributed by atoms with Crippen molar-refractivity contribution >= 4 is 5.91 Å². The number of rotatable bonds is 4. The molecule has 1 amide bonds. The summed E-state index contributed by atoms with van der Waals surface area (Å²) in [5.74, 6) is -0.154. The van der Waals surface area contributed by atoms with Gasteiger partial charge in [-0.05, 0) is 39.7 Å². The van der Waals surface area contributed by atoms with Crippen LogP contribution >= 0.6 is 0 Å². The molecule has 7 nitrogen and oxygen atoms in total. The monoisotopic (exact) mass is 343 g/mol. The van der Waals surface area contributed by atoms with Crippen LogP contribution in [0, 0.1) is 13.8 Å². The van der Waals surface area contributed by atoms with Crippen LogP contribution in [0.5, 0.6) is 0 Å². The van der Waals surface area contributed by atoms with Crippen LogP contribution in [0.25, 0.3) is 11.3 Å². The molecule has 0 bridgehead atoms. The first-order chi connectivity index (χ1) is 11.9. The number of hydrogen-bond donors (Lipinski definition) is 1. The normalized spacial score (nSPS) is 16.2. The average Bonchev–Trinajstić information content (AvgIpc) is 3.16. The number of nitrogens with one attached hydrogen (secondary N) is 1. The Kier molecular flexibility index (Phi) is 4.74. The van der Waals surface area contributed by atoms with E-state index >= 15 is 0 Å². The van der Waals surface area contributed by atoms with Gasteiger partial charge < -0.3 is 5.32 Å².